The van der Waals surface area contributed by atoms with Crippen LogP contribution in [0.15, 0.2) is 41.5 Å². The molecule has 0 bridgehead atoms. The predicted molar refractivity (Wildman–Crippen MR) is 96.9 cm³/mol. The summed E-state index contributed by atoms with van der Waals surface area (Å²) in [6.45, 7) is 0. The third-order valence-electron chi connectivity index (χ3n) is 7.01. The number of benzene rings is 1. The number of nitrogens with zero attached hydrogens (tertiary/aromatic N) is 1. The molecule has 1 aromatic carbocycles. The molecule has 3 heteroatoms. The number of hydrogen-bond donors (Lipinski definition) is 0. The maximum absolute atomic E-state index is 13.4. The zero-order chi connectivity index (χ0) is 17.0. The first-order chi connectivity index (χ1) is 12.3. The number of para-hydroxylation sites is 1. The molecule has 2 saturated carbocycles. The highest BCUT2D eigenvalue weighted by Crippen LogP contribution is 2.56. The van der Waals surface area contributed by atoms with E-state index < -0.39 is 0 Å². The molecule has 4 atom stereocenters. The number of allylic oxidation sites excluding steroid dienone is 2. The molecule has 3 fully saturated rings. The molecule has 4 aliphatic rings. The normalized spacial score (nSPS) is 34.6. The second kappa shape index (κ2) is 5.82. The van der Waals surface area contributed by atoms with Gasteiger partial charge >= 0.3 is 0 Å². The number of rotatable bonds is 1. The lowest BCUT2D eigenvalue weighted by molar-refractivity contribution is -0.123. The second-order valence-corrected chi connectivity index (χ2v) is 8.15. The molecule has 1 heterocycles. The monoisotopic (exact) mass is 335 g/mol. The van der Waals surface area contributed by atoms with Gasteiger partial charge in [-0.15, -0.1) is 0 Å². The highest BCUT2D eigenvalue weighted by atomic mass is 16.2. The van der Waals surface area contributed by atoms with E-state index in [0.717, 1.165) is 31.4 Å². The number of carbonyl (C=O) groups is 2. The minimum absolute atomic E-state index is 0.0650. The van der Waals surface area contributed by atoms with Gasteiger partial charge in [0.05, 0.1) is 17.5 Å². The maximum Gasteiger partial charge on any atom is 0.238 e. The van der Waals surface area contributed by atoms with E-state index in [-0.39, 0.29) is 23.7 Å². The van der Waals surface area contributed by atoms with Crippen LogP contribution in [0.25, 0.3) is 0 Å². The van der Waals surface area contributed by atoms with Crippen molar-refractivity contribution in [3.8, 4) is 0 Å². The number of carbonyl (C=O) groups excluding carboxylic acids is 2. The fraction of sp³-hybridized carbons (Fsp3) is 0.545. The van der Waals surface area contributed by atoms with Crippen LogP contribution in [0.5, 0.6) is 0 Å². The third kappa shape index (κ3) is 2.17. The lowest BCUT2D eigenvalue weighted by atomic mass is 9.58. The van der Waals surface area contributed by atoms with Crippen LogP contribution in [0.3, 0.4) is 0 Å². The van der Waals surface area contributed by atoms with E-state index in [9.17, 15) is 9.59 Å². The van der Waals surface area contributed by atoms with Crippen molar-refractivity contribution < 1.29 is 9.59 Å². The highest BCUT2D eigenvalue weighted by molar-refractivity contribution is 6.22. The molecule has 130 valence electrons. The summed E-state index contributed by atoms with van der Waals surface area (Å²) in [4.78, 5) is 28.2. The molecule has 1 aliphatic heterocycles. The Morgan fingerprint density at radius 2 is 1.24 bits per heavy atom. The molecule has 0 aromatic heterocycles. The Morgan fingerprint density at radius 3 is 1.76 bits per heavy atom. The van der Waals surface area contributed by atoms with Gasteiger partial charge in [-0.05, 0) is 62.5 Å². The Hall–Kier alpha value is -1.90. The largest absolute Gasteiger partial charge is 0.274 e. The van der Waals surface area contributed by atoms with Crippen molar-refractivity contribution in [2.75, 3.05) is 4.90 Å². The quantitative estimate of drug-likeness (QED) is 0.560. The Morgan fingerprint density at radius 1 is 0.720 bits per heavy atom. The van der Waals surface area contributed by atoms with Gasteiger partial charge in [-0.3, -0.25) is 14.5 Å². The molecular weight excluding hydrogens is 310 g/mol. The minimum atomic E-state index is -0.102. The van der Waals surface area contributed by atoms with E-state index in [4.69, 9.17) is 0 Å². The van der Waals surface area contributed by atoms with Crippen molar-refractivity contribution >= 4 is 17.5 Å². The number of anilines is 1. The molecule has 5 rings (SSSR count). The highest BCUT2D eigenvalue weighted by Gasteiger charge is 2.58. The van der Waals surface area contributed by atoms with Gasteiger partial charge in [0.2, 0.25) is 11.8 Å². The summed E-state index contributed by atoms with van der Waals surface area (Å²) in [5.41, 5.74) is 3.91. The van der Waals surface area contributed by atoms with Gasteiger partial charge in [0.15, 0.2) is 0 Å². The summed E-state index contributed by atoms with van der Waals surface area (Å²) >= 11 is 0. The number of imide groups is 1. The van der Waals surface area contributed by atoms with Crippen LogP contribution in [0.1, 0.15) is 51.4 Å². The molecule has 2 amide bonds. The van der Waals surface area contributed by atoms with E-state index >= 15 is 0 Å². The number of hydrogen-bond acceptors (Lipinski definition) is 2. The first kappa shape index (κ1) is 15.4. The van der Waals surface area contributed by atoms with Crippen LogP contribution in [0, 0.1) is 23.7 Å². The number of amides is 2. The smallest absolute Gasteiger partial charge is 0.238 e. The van der Waals surface area contributed by atoms with Gasteiger partial charge in [-0.1, -0.05) is 42.2 Å². The summed E-state index contributed by atoms with van der Waals surface area (Å²) in [6, 6.07) is 9.54. The predicted octanol–water partition coefficient (Wildman–Crippen LogP) is 4.48. The SMILES string of the molecule is O=C1[C@@H]2[C@H](C(=O)N1c1ccccc1)[C@@H]1CCCCC1=C1CCCC[C@H]12. The molecule has 1 aromatic rings. The minimum Gasteiger partial charge on any atom is -0.274 e. The van der Waals surface area contributed by atoms with Gasteiger partial charge in [-0.25, -0.2) is 0 Å². The van der Waals surface area contributed by atoms with Crippen molar-refractivity contribution in [3.63, 3.8) is 0 Å². The molecule has 1 saturated heterocycles. The Labute approximate surface area is 149 Å². The van der Waals surface area contributed by atoms with E-state index in [0.29, 0.717) is 11.8 Å². The van der Waals surface area contributed by atoms with Crippen molar-refractivity contribution in [1.29, 1.82) is 0 Å². The standard InChI is InChI=1S/C22H25NO2/c24-21-19-17-12-6-4-10-15(17)16-11-5-7-13-18(16)20(19)22(25)23(21)14-8-2-1-3-9-14/h1-3,8-9,17-20H,4-7,10-13H2/t17-,18-,19-,20+/m1/s1. The van der Waals surface area contributed by atoms with Crippen molar-refractivity contribution in [3.05, 3.63) is 41.5 Å². The van der Waals surface area contributed by atoms with E-state index in [1.807, 2.05) is 30.3 Å². The summed E-state index contributed by atoms with van der Waals surface area (Å²) in [6.07, 6.45) is 9.40. The van der Waals surface area contributed by atoms with Crippen LogP contribution < -0.4 is 4.90 Å². The Balaban J connectivity index is 1.61. The molecule has 25 heavy (non-hydrogen) atoms. The number of fused-ring (bicyclic) bond motifs is 5. The lowest BCUT2D eigenvalue weighted by Gasteiger charge is -2.44. The molecule has 0 N–H and O–H groups in total. The van der Waals surface area contributed by atoms with Gasteiger partial charge in [0.25, 0.3) is 0 Å². The fourth-order valence-corrected chi connectivity index (χ4v) is 6.06. The fourth-order valence-electron chi connectivity index (χ4n) is 6.06. The van der Waals surface area contributed by atoms with Crippen molar-refractivity contribution in [1.82, 2.24) is 0 Å². The Kier molecular flexibility index (Phi) is 3.58. The molecular formula is C22H25NO2. The molecule has 0 spiro atoms. The third-order valence-corrected chi connectivity index (χ3v) is 7.01. The van der Waals surface area contributed by atoms with Gasteiger partial charge in [0.1, 0.15) is 0 Å². The molecule has 0 unspecified atom stereocenters. The van der Waals surface area contributed by atoms with Gasteiger partial charge in [-0.2, -0.15) is 0 Å². The molecule has 3 nitrogen and oxygen atoms in total. The molecule has 0 radical (unpaired) electrons. The van der Waals surface area contributed by atoms with Crippen molar-refractivity contribution in [2.24, 2.45) is 23.7 Å². The Bertz CT molecular complexity index is 707. The van der Waals surface area contributed by atoms with E-state index in [1.54, 1.807) is 11.1 Å². The van der Waals surface area contributed by atoms with Crippen molar-refractivity contribution in [2.45, 2.75) is 51.4 Å². The summed E-state index contributed by atoms with van der Waals surface area (Å²) < 4.78 is 0. The lowest BCUT2D eigenvalue weighted by Crippen LogP contribution is -2.41. The van der Waals surface area contributed by atoms with Gasteiger partial charge < -0.3 is 0 Å². The van der Waals surface area contributed by atoms with Crippen LogP contribution in [-0.4, -0.2) is 11.8 Å². The zero-order valence-electron chi connectivity index (χ0n) is 14.6. The first-order valence-corrected chi connectivity index (χ1v) is 9.92. The summed E-state index contributed by atoms with van der Waals surface area (Å²) in [5, 5.41) is 0. The average Bonchev–Trinajstić information content (AvgIpc) is 2.94. The average molecular weight is 335 g/mol. The van der Waals surface area contributed by atoms with Crippen LogP contribution >= 0.6 is 0 Å². The molecule has 3 aliphatic carbocycles. The second-order valence-electron chi connectivity index (χ2n) is 8.15. The van der Waals surface area contributed by atoms with E-state index in [1.165, 1.54) is 30.6 Å². The zero-order valence-corrected chi connectivity index (χ0v) is 14.6. The van der Waals surface area contributed by atoms with E-state index in [2.05, 4.69) is 0 Å². The first-order valence-electron chi connectivity index (χ1n) is 9.92. The van der Waals surface area contributed by atoms with Crippen LogP contribution in [-0.2, 0) is 9.59 Å². The van der Waals surface area contributed by atoms with Crippen LogP contribution in [0.4, 0.5) is 5.69 Å². The summed E-state index contributed by atoms with van der Waals surface area (Å²) in [7, 11) is 0. The van der Waals surface area contributed by atoms with Crippen LogP contribution in [0.2, 0.25) is 0 Å². The van der Waals surface area contributed by atoms with Gasteiger partial charge in [0, 0.05) is 0 Å². The summed E-state index contributed by atoms with van der Waals surface area (Å²) in [5.74, 6) is 0.580. The topological polar surface area (TPSA) is 37.4 Å². The maximum atomic E-state index is 13.4.